The van der Waals surface area contributed by atoms with Gasteiger partial charge in [-0.05, 0) is 51.7 Å². The maximum Gasteiger partial charge on any atom is 0.431 e. The fourth-order valence-electron chi connectivity index (χ4n) is 4.42. The summed E-state index contributed by atoms with van der Waals surface area (Å²) in [4.78, 5) is 8.36. The zero-order valence-corrected chi connectivity index (χ0v) is 21.5. The molecule has 3 heterocycles. The molecule has 3 aromatic heterocycles. The van der Waals surface area contributed by atoms with E-state index in [9.17, 15) is 17.6 Å². The van der Waals surface area contributed by atoms with Gasteiger partial charge in [0.2, 0.25) is 0 Å². The van der Waals surface area contributed by atoms with Gasteiger partial charge in [-0.1, -0.05) is 49.4 Å². The molecule has 9 heteroatoms. The molecule has 0 spiro atoms. The zero-order chi connectivity index (χ0) is 24.8. The van der Waals surface area contributed by atoms with E-state index in [1.165, 1.54) is 12.3 Å². The van der Waals surface area contributed by atoms with Crippen LogP contribution in [0, 0.1) is 11.9 Å². The normalized spacial score (nSPS) is 13.3. The minimum absolute atomic E-state index is 0. The van der Waals surface area contributed by atoms with Crippen LogP contribution in [0.2, 0.25) is 0 Å². The Bertz CT molecular complexity index is 1520. The Morgan fingerprint density at radius 2 is 1.75 bits per heavy atom. The van der Waals surface area contributed by atoms with Gasteiger partial charge in [0, 0.05) is 44.0 Å². The van der Waals surface area contributed by atoms with Crippen molar-refractivity contribution in [3.05, 3.63) is 102 Å². The van der Waals surface area contributed by atoms with Crippen LogP contribution in [-0.4, -0.2) is 15.1 Å². The third-order valence-corrected chi connectivity index (χ3v) is 6.03. The van der Waals surface area contributed by atoms with Crippen molar-refractivity contribution in [3.63, 3.8) is 0 Å². The van der Waals surface area contributed by atoms with E-state index in [1.54, 1.807) is 30.5 Å². The first-order valence-corrected chi connectivity index (χ1v) is 10.8. The van der Waals surface area contributed by atoms with Crippen molar-refractivity contribution >= 4 is 10.8 Å². The minimum Gasteiger partial charge on any atom is -0.573 e. The Labute approximate surface area is 218 Å². The van der Waals surface area contributed by atoms with Gasteiger partial charge in [-0.15, -0.1) is 23.8 Å². The molecule has 2 aromatic carbocycles. The molecule has 0 saturated heterocycles. The van der Waals surface area contributed by atoms with Crippen LogP contribution in [0.1, 0.15) is 30.7 Å². The molecule has 1 aliphatic rings. The van der Waals surface area contributed by atoms with Gasteiger partial charge in [-0.3, -0.25) is 4.98 Å². The molecular weight excluding hydrogens is 649 g/mol. The van der Waals surface area contributed by atoms with E-state index in [0.717, 1.165) is 33.7 Å². The fourth-order valence-corrected chi connectivity index (χ4v) is 4.42. The van der Waals surface area contributed by atoms with E-state index in [0.29, 0.717) is 11.3 Å². The van der Waals surface area contributed by atoms with Crippen molar-refractivity contribution in [3.8, 4) is 22.6 Å². The van der Waals surface area contributed by atoms with Gasteiger partial charge in [0.05, 0.1) is 0 Å². The molecule has 0 bridgehead atoms. The molecule has 185 valence electrons. The zero-order valence-electron chi connectivity index (χ0n) is 19.1. The number of fused-ring (bicyclic) bond motifs is 2. The Hall–Kier alpha value is -3.42. The van der Waals surface area contributed by atoms with Gasteiger partial charge in [-0.2, -0.15) is 13.2 Å². The van der Waals surface area contributed by atoms with E-state index in [4.69, 9.17) is 0 Å². The van der Waals surface area contributed by atoms with Crippen molar-refractivity contribution in [2.45, 2.75) is 25.4 Å². The van der Waals surface area contributed by atoms with Crippen LogP contribution < -0.4 is 5.10 Å². The van der Waals surface area contributed by atoms with E-state index in [-0.39, 0.29) is 37.0 Å². The molecule has 0 atom stereocenters. The summed E-state index contributed by atoms with van der Waals surface area (Å²) in [5, 5.41) is 8.73. The smallest absolute Gasteiger partial charge is 0.431 e. The molecule has 0 aliphatic heterocycles. The van der Waals surface area contributed by atoms with Crippen molar-refractivity contribution in [1.29, 1.82) is 0 Å². The van der Waals surface area contributed by atoms with E-state index in [1.807, 2.05) is 12.1 Å². The molecule has 36 heavy (non-hydrogen) atoms. The second kappa shape index (κ2) is 9.56. The van der Waals surface area contributed by atoms with Crippen LogP contribution in [0.3, 0.4) is 0 Å². The Morgan fingerprint density at radius 1 is 0.944 bits per heavy atom. The summed E-state index contributed by atoms with van der Waals surface area (Å²) in [6.07, 6.45) is -1.19. The van der Waals surface area contributed by atoms with Gasteiger partial charge in [0.15, 0.2) is 0 Å². The Kier molecular flexibility index (Phi) is 6.82. The summed E-state index contributed by atoms with van der Waals surface area (Å²) in [6, 6.07) is 20.3. The fraction of sp³-hybridized carbons (Fsp3) is 0.148. The van der Waals surface area contributed by atoms with Crippen LogP contribution in [0.15, 0.2) is 73.1 Å². The first-order chi connectivity index (χ1) is 16.7. The third kappa shape index (κ3) is 4.45. The summed E-state index contributed by atoms with van der Waals surface area (Å²) < 4.78 is 51.0. The van der Waals surface area contributed by atoms with Gasteiger partial charge in [0.25, 0.3) is 0 Å². The summed E-state index contributed by atoms with van der Waals surface area (Å²) in [6.45, 7) is 4.13. The van der Waals surface area contributed by atoms with E-state index >= 15 is 0 Å². The van der Waals surface area contributed by atoms with Crippen LogP contribution >= 0.6 is 0 Å². The van der Waals surface area contributed by atoms with Gasteiger partial charge >= 0.3 is 6.18 Å². The summed E-state index contributed by atoms with van der Waals surface area (Å²) in [5.41, 5.74) is 2.58. The minimum atomic E-state index is -4.46. The van der Waals surface area contributed by atoms with Gasteiger partial charge in [-0.25, -0.2) is 4.39 Å². The molecule has 1 radical (unpaired) electrons. The monoisotopic (exact) mass is 667 g/mol. The molecule has 4 nitrogen and oxygen atoms in total. The number of rotatable bonds is 1. The number of aromatic nitrogens is 4. The van der Waals surface area contributed by atoms with Crippen molar-refractivity contribution in [1.82, 2.24) is 20.2 Å². The topological polar surface area (TPSA) is 52.8 Å². The largest absolute Gasteiger partial charge is 0.573 e. The standard InChI is InChI=1S/C18H13FN.C9H5F3N3.Ir/c1-18(2)13-7-3-5-11-9-10-20-17(15(11)13)12-6-4-8-14(19)16(12)18;10-9(11,12)8-5-7(14-15-8)6-3-1-2-4-13-6;/h3-5,7-10H,1-2H3;1-5H;/q2*-1;. The maximum atomic E-state index is 14.4. The Balaban J connectivity index is 0.000000172. The molecule has 0 N–H and O–H groups in total. The van der Waals surface area contributed by atoms with Crippen LogP contribution in [-0.2, 0) is 31.7 Å². The average Bonchev–Trinajstić information content (AvgIpc) is 3.35. The van der Waals surface area contributed by atoms with E-state index < -0.39 is 11.9 Å². The number of halogens is 4. The molecule has 5 aromatic rings. The third-order valence-electron chi connectivity index (χ3n) is 6.03. The molecule has 0 saturated carbocycles. The maximum absolute atomic E-state index is 14.4. The molecule has 0 amide bonds. The van der Waals surface area contributed by atoms with Gasteiger partial charge < -0.3 is 15.2 Å². The molecule has 6 rings (SSSR count). The quantitative estimate of drug-likeness (QED) is 0.150. The first kappa shape index (κ1) is 25.7. The number of nitrogens with zero attached hydrogens (tertiary/aromatic N) is 4. The number of hydrogen-bond acceptors (Lipinski definition) is 3. The number of alkyl halides is 3. The summed E-state index contributed by atoms with van der Waals surface area (Å²) >= 11 is 0. The summed E-state index contributed by atoms with van der Waals surface area (Å²) in [7, 11) is 0. The Morgan fingerprint density at radius 3 is 2.44 bits per heavy atom. The first-order valence-electron chi connectivity index (χ1n) is 10.8. The molecule has 1 aliphatic carbocycles. The average molecular weight is 667 g/mol. The second-order valence-corrected chi connectivity index (χ2v) is 8.59. The molecule has 0 fully saturated rings. The molecular formula is C27H18F4IrN4-2. The van der Waals surface area contributed by atoms with Crippen LogP contribution in [0.25, 0.3) is 33.4 Å². The van der Waals surface area contributed by atoms with Crippen molar-refractivity contribution in [2.24, 2.45) is 0 Å². The van der Waals surface area contributed by atoms with Gasteiger partial charge in [0.1, 0.15) is 5.69 Å². The van der Waals surface area contributed by atoms with Crippen molar-refractivity contribution < 1.29 is 37.7 Å². The summed E-state index contributed by atoms with van der Waals surface area (Å²) in [5.74, 6) is -0.183. The van der Waals surface area contributed by atoms with Crippen LogP contribution in [0.4, 0.5) is 17.6 Å². The number of hydrogen-bond donors (Lipinski definition) is 0. The molecule has 0 unspecified atom stereocenters. The number of benzene rings is 2. The van der Waals surface area contributed by atoms with Crippen molar-refractivity contribution in [2.75, 3.05) is 0 Å². The number of pyridine rings is 2. The predicted molar refractivity (Wildman–Crippen MR) is 124 cm³/mol. The second-order valence-electron chi connectivity index (χ2n) is 8.59. The van der Waals surface area contributed by atoms with Crippen LogP contribution in [0.5, 0.6) is 0 Å². The van der Waals surface area contributed by atoms with E-state index in [2.05, 4.69) is 52.2 Å². The predicted octanol–water partition coefficient (Wildman–Crippen LogP) is 6.60. The SMILES string of the molecule is CC1(C)c2c([c-]ccc2F)-c2nccc3cccc1c23.FC(F)(F)c1cc(-c2ccccn2)[n-]n1.[Ir].